The minimum absolute atomic E-state index is 0.0605. The molecule has 0 spiro atoms. The third-order valence-electron chi connectivity index (χ3n) is 4.57. The third-order valence-corrected chi connectivity index (χ3v) is 6.67. The molecule has 0 bridgehead atoms. The van der Waals surface area contributed by atoms with Gasteiger partial charge < -0.3 is 19.9 Å². The van der Waals surface area contributed by atoms with Gasteiger partial charge in [0.1, 0.15) is 0 Å². The Labute approximate surface area is 187 Å². The van der Waals surface area contributed by atoms with Crippen LogP contribution in [0.15, 0.2) is 41.3 Å². The van der Waals surface area contributed by atoms with Crippen molar-refractivity contribution in [2.24, 2.45) is 0 Å². The SMILES string of the molecule is COc1ccc(S(=O)(=O)N(C)c2ccc(NC(=O)[C@@](C)(O)C(F)(F)F)c(Cl)c2)cc1OC. The number of anilines is 2. The maximum Gasteiger partial charge on any atom is 0.426 e. The molecule has 0 unspecified atom stereocenters. The van der Waals surface area contributed by atoms with E-state index in [0.29, 0.717) is 12.7 Å². The molecule has 13 heteroatoms. The Balaban J connectivity index is 2.33. The van der Waals surface area contributed by atoms with Gasteiger partial charge in [0.15, 0.2) is 11.5 Å². The molecule has 176 valence electrons. The van der Waals surface area contributed by atoms with E-state index in [1.54, 1.807) is 0 Å². The Bertz CT molecular complexity index is 1120. The van der Waals surface area contributed by atoms with Gasteiger partial charge in [0, 0.05) is 13.1 Å². The van der Waals surface area contributed by atoms with Crippen molar-refractivity contribution in [2.45, 2.75) is 23.6 Å². The van der Waals surface area contributed by atoms with Gasteiger partial charge in [-0.05, 0) is 37.3 Å². The van der Waals surface area contributed by atoms with Crippen LogP contribution in [0.3, 0.4) is 0 Å². The number of aliphatic hydroxyl groups is 1. The van der Waals surface area contributed by atoms with Crippen LogP contribution in [0.4, 0.5) is 24.5 Å². The first kappa shape index (κ1) is 25.6. The van der Waals surface area contributed by atoms with Crippen molar-refractivity contribution in [2.75, 3.05) is 30.9 Å². The van der Waals surface area contributed by atoms with Crippen LogP contribution in [-0.2, 0) is 14.8 Å². The fraction of sp³-hybridized carbons (Fsp3) is 0.316. The van der Waals surface area contributed by atoms with Crippen LogP contribution < -0.4 is 19.1 Å². The van der Waals surface area contributed by atoms with Crippen molar-refractivity contribution in [1.82, 2.24) is 0 Å². The van der Waals surface area contributed by atoms with E-state index in [4.69, 9.17) is 21.1 Å². The zero-order valence-corrected chi connectivity index (χ0v) is 18.9. The number of hydrogen-bond acceptors (Lipinski definition) is 6. The molecule has 0 radical (unpaired) electrons. The molecule has 0 saturated heterocycles. The second-order valence-electron chi connectivity index (χ2n) is 6.68. The number of sulfonamides is 1. The summed E-state index contributed by atoms with van der Waals surface area (Å²) in [6.45, 7) is 0.300. The number of alkyl halides is 3. The number of halogens is 4. The molecule has 1 amide bonds. The smallest absolute Gasteiger partial charge is 0.426 e. The van der Waals surface area contributed by atoms with Gasteiger partial charge >= 0.3 is 6.18 Å². The zero-order chi connectivity index (χ0) is 24.5. The molecule has 0 aliphatic heterocycles. The molecule has 8 nitrogen and oxygen atoms in total. The van der Waals surface area contributed by atoms with E-state index in [-0.39, 0.29) is 27.0 Å². The highest BCUT2D eigenvalue weighted by atomic mass is 35.5. The van der Waals surface area contributed by atoms with Crippen molar-refractivity contribution in [3.8, 4) is 11.5 Å². The largest absolute Gasteiger partial charge is 0.493 e. The number of nitrogens with one attached hydrogen (secondary N) is 1. The van der Waals surface area contributed by atoms with Gasteiger partial charge in [-0.3, -0.25) is 9.10 Å². The monoisotopic (exact) mass is 496 g/mol. The molecule has 1 atom stereocenters. The Morgan fingerprint density at radius 2 is 1.69 bits per heavy atom. The lowest BCUT2D eigenvalue weighted by Gasteiger charge is -2.25. The number of nitrogens with zero attached hydrogens (tertiary/aromatic N) is 1. The van der Waals surface area contributed by atoms with Crippen molar-refractivity contribution < 1.29 is 41.0 Å². The average Bonchev–Trinajstić information content (AvgIpc) is 2.72. The summed E-state index contributed by atoms with van der Waals surface area (Å²) in [5.74, 6) is -1.23. The van der Waals surface area contributed by atoms with Crippen LogP contribution in [0.2, 0.25) is 5.02 Å². The first-order chi connectivity index (χ1) is 14.7. The van der Waals surface area contributed by atoms with Gasteiger partial charge in [0.05, 0.1) is 35.5 Å². The normalized spacial score (nSPS) is 13.8. The molecule has 0 aliphatic rings. The van der Waals surface area contributed by atoms with Gasteiger partial charge in [0.2, 0.25) is 5.60 Å². The Kier molecular flexibility index (Phi) is 7.22. The molecule has 2 aromatic carbocycles. The van der Waals surface area contributed by atoms with E-state index < -0.39 is 27.7 Å². The standard InChI is InChI=1S/C19H20ClF3N2O6S/c1-18(27,19(21,22)23)17(26)24-14-7-5-11(9-13(14)20)25(2)32(28,29)12-6-8-15(30-3)16(10-12)31-4/h5-10,27H,1-4H3,(H,24,26)/t18-/m1/s1. The maximum atomic E-state index is 13.0. The lowest BCUT2D eigenvalue weighted by molar-refractivity contribution is -0.242. The van der Waals surface area contributed by atoms with E-state index in [1.165, 1.54) is 45.5 Å². The van der Waals surface area contributed by atoms with E-state index in [2.05, 4.69) is 0 Å². The molecule has 0 aromatic heterocycles. The van der Waals surface area contributed by atoms with Gasteiger partial charge in [0.25, 0.3) is 15.9 Å². The van der Waals surface area contributed by atoms with Crippen LogP contribution >= 0.6 is 11.6 Å². The van der Waals surface area contributed by atoms with Crippen LogP contribution in [0.5, 0.6) is 11.5 Å². The molecule has 2 rings (SSSR count). The number of hydrogen-bond donors (Lipinski definition) is 2. The zero-order valence-electron chi connectivity index (χ0n) is 17.3. The van der Waals surface area contributed by atoms with Gasteiger partial charge in [-0.2, -0.15) is 13.2 Å². The number of ether oxygens (including phenoxy) is 2. The van der Waals surface area contributed by atoms with Crippen LogP contribution in [-0.4, -0.2) is 52.5 Å². The first-order valence-corrected chi connectivity index (χ1v) is 10.6. The summed E-state index contributed by atoms with van der Waals surface area (Å²) in [5, 5.41) is 11.1. The van der Waals surface area contributed by atoms with Crippen molar-refractivity contribution >= 4 is 38.9 Å². The fourth-order valence-electron chi connectivity index (χ4n) is 2.45. The quantitative estimate of drug-likeness (QED) is 0.608. The summed E-state index contributed by atoms with van der Waals surface area (Å²) in [6, 6.07) is 7.46. The van der Waals surface area contributed by atoms with E-state index >= 15 is 0 Å². The summed E-state index contributed by atoms with van der Waals surface area (Å²) in [6.07, 6.45) is -5.21. The molecule has 32 heavy (non-hydrogen) atoms. The molecule has 2 N–H and O–H groups in total. The average molecular weight is 497 g/mol. The Hall–Kier alpha value is -2.70. The van der Waals surface area contributed by atoms with E-state index in [9.17, 15) is 31.5 Å². The molecule has 2 aromatic rings. The van der Waals surface area contributed by atoms with Crippen LogP contribution in [0.1, 0.15) is 6.92 Å². The number of methoxy groups -OCH3 is 2. The molecule has 0 fully saturated rings. The van der Waals surface area contributed by atoms with Crippen molar-refractivity contribution in [3.63, 3.8) is 0 Å². The maximum absolute atomic E-state index is 13.0. The predicted octanol–water partition coefficient (Wildman–Crippen LogP) is 3.43. The molecular formula is C19H20ClF3N2O6S. The van der Waals surface area contributed by atoms with Crippen LogP contribution in [0.25, 0.3) is 0 Å². The van der Waals surface area contributed by atoms with Crippen molar-refractivity contribution in [3.05, 3.63) is 41.4 Å². The summed E-state index contributed by atoms with van der Waals surface area (Å²) >= 11 is 6.03. The number of carbonyl (C=O) groups is 1. The third kappa shape index (κ3) is 4.87. The highest BCUT2D eigenvalue weighted by molar-refractivity contribution is 7.92. The first-order valence-electron chi connectivity index (χ1n) is 8.78. The number of carbonyl (C=O) groups excluding carboxylic acids is 1. The van der Waals surface area contributed by atoms with Gasteiger partial charge in [-0.25, -0.2) is 8.42 Å². The second kappa shape index (κ2) is 9.04. The van der Waals surface area contributed by atoms with Crippen molar-refractivity contribution in [1.29, 1.82) is 0 Å². The lowest BCUT2D eigenvalue weighted by Crippen LogP contribution is -2.52. The van der Waals surface area contributed by atoms with E-state index in [1.807, 2.05) is 5.32 Å². The van der Waals surface area contributed by atoms with Crippen LogP contribution in [0, 0.1) is 0 Å². The second-order valence-corrected chi connectivity index (χ2v) is 9.05. The summed E-state index contributed by atoms with van der Waals surface area (Å²) < 4.78 is 75.5. The Morgan fingerprint density at radius 3 is 2.19 bits per heavy atom. The van der Waals surface area contributed by atoms with E-state index in [0.717, 1.165) is 16.4 Å². The molecule has 0 aliphatic carbocycles. The number of amides is 1. The van der Waals surface area contributed by atoms with Gasteiger partial charge in [-0.15, -0.1) is 0 Å². The summed E-state index contributed by atoms with van der Waals surface area (Å²) in [5.41, 5.74) is -3.84. The summed E-state index contributed by atoms with van der Waals surface area (Å²) in [7, 11) is -0.0959. The highest BCUT2D eigenvalue weighted by Crippen LogP contribution is 2.35. The Morgan fingerprint density at radius 1 is 1.09 bits per heavy atom. The molecule has 0 saturated carbocycles. The molecular weight excluding hydrogens is 477 g/mol. The minimum atomic E-state index is -5.21. The highest BCUT2D eigenvalue weighted by Gasteiger charge is 2.55. The lowest BCUT2D eigenvalue weighted by atomic mass is 10.1. The minimum Gasteiger partial charge on any atom is -0.493 e. The number of rotatable bonds is 7. The summed E-state index contributed by atoms with van der Waals surface area (Å²) in [4.78, 5) is 11.7. The topological polar surface area (TPSA) is 105 Å². The number of benzene rings is 2. The molecule has 0 heterocycles. The fourth-order valence-corrected chi connectivity index (χ4v) is 3.87. The van der Waals surface area contributed by atoms with Gasteiger partial charge in [-0.1, -0.05) is 11.6 Å². The predicted molar refractivity (Wildman–Crippen MR) is 112 cm³/mol.